The first kappa shape index (κ1) is 23.4. The van der Waals surface area contributed by atoms with Crippen LogP contribution in [0, 0.1) is 0 Å². The molecule has 0 aliphatic heterocycles. The van der Waals surface area contributed by atoms with Crippen LogP contribution in [0.1, 0.15) is 28.4 Å². The molecule has 0 saturated heterocycles. The molecule has 2 atom stereocenters. The molecule has 0 aliphatic carbocycles. The summed E-state index contributed by atoms with van der Waals surface area (Å²) in [6.45, 7) is 0.625. The molecule has 0 spiro atoms. The summed E-state index contributed by atoms with van der Waals surface area (Å²) in [5.41, 5.74) is 2.97. The number of hydrogen-bond donors (Lipinski definition) is 3. The van der Waals surface area contributed by atoms with Crippen molar-refractivity contribution in [1.82, 2.24) is 0 Å². The molecule has 0 amide bonds. The van der Waals surface area contributed by atoms with Crippen molar-refractivity contribution < 1.29 is 24.8 Å². The van der Waals surface area contributed by atoms with Gasteiger partial charge < -0.3 is 24.8 Å². The highest BCUT2D eigenvalue weighted by molar-refractivity contribution is 5.50. The molecule has 4 aromatic rings. The molecule has 4 aromatic carbocycles. The molecule has 0 aliphatic rings. The summed E-state index contributed by atoms with van der Waals surface area (Å²) in [4.78, 5) is 0. The molecular formula is C29H28O5. The Balaban J connectivity index is 1.56. The van der Waals surface area contributed by atoms with Crippen LogP contribution >= 0.6 is 0 Å². The number of aromatic hydroxyl groups is 1. The van der Waals surface area contributed by atoms with Crippen molar-refractivity contribution in [3.63, 3.8) is 0 Å². The number of aliphatic hydroxyl groups is 2. The molecule has 0 saturated carbocycles. The number of phenols is 1. The van der Waals surface area contributed by atoms with Crippen molar-refractivity contribution in [1.29, 1.82) is 0 Å². The van der Waals surface area contributed by atoms with Crippen molar-refractivity contribution in [2.75, 3.05) is 0 Å². The summed E-state index contributed by atoms with van der Waals surface area (Å²) in [5, 5.41) is 32.2. The standard InChI is InChI=1S/C29H28O5/c30-26-16-24(33-19-21-10-4-1-5-11-21)17-28(34-20-22-12-6-2-7-13-22)25(26)18-27(31)29(32)23-14-8-3-9-15-23/h1-17,27,29-32H,18-20H2/t27-,29-/m0/s1. The largest absolute Gasteiger partial charge is 0.507 e. The zero-order chi connectivity index (χ0) is 23.8. The van der Waals surface area contributed by atoms with Gasteiger partial charge in [0.1, 0.15) is 36.6 Å². The normalized spacial score (nSPS) is 12.6. The minimum Gasteiger partial charge on any atom is -0.507 e. The summed E-state index contributed by atoms with van der Waals surface area (Å²) in [6, 6.07) is 31.6. The Morgan fingerprint density at radius 2 is 1.18 bits per heavy atom. The van der Waals surface area contributed by atoms with Gasteiger partial charge in [-0.05, 0) is 16.7 Å². The van der Waals surface area contributed by atoms with Gasteiger partial charge in [0.15, 0.2) is 0 Å². The van der Waals surface area contributed by atoms with Crippen LogP contribution in [0.2, 0.25) is 0 Å². The van der Waals surface area contributed by atoms with E-state index in [-0.39, 0.29) is 18.8 Å². The highest BCUT2D eigenvalue weighted by Gasteiger charge is 2.23. The van der Waals surface area contributed by atoms with Gasteiger partial charge in [0.2, 0.25) is 0 Å². The number of rotatable bonds is 10. The number of benzene rings is 4. The van der Waals surface area contributed by atoms with E-state index in [0.29, 0.717) is 29.2 Å². The van der Waals surface area contributed by atoms with E-state index < -0.39 is 12.2 Å². The second kappa shape index (κ2) is 11.4. The van der Waals surface area contributed by atoms with Gasteiger partial charge in [0.25, 0.3) is 0 Å². The van der Waals surface area contributed by atoms with Crippen LogP contribution in [0.4, 0.5) is 0 Å². The summed E-state index contributed by atoms with van der Waals surface area (Å²) in [6.07, 6.45) is -2.23. The van der Waals surface area contributed by atoms with Crippen LogP contribution in [0.5, 0.6) is 17.2 Å². The zero-order valence-corrected chi connectivity index (χ0v) is 18.7. The van der Waals surface area contributed by atoms with Gasteiger partial charge in [-0.2, -0.15) is 0 Å². The lowest BCUT2D eigenvalue weighted by Gasteiger charge is -2.21. The van der Waals surface area contributed by atoms with Crippen LogP contribution < -0.4 is 9.47 Å². The maximum atomic E-state index is 10.8. The topological polar surface area (TPSA) is 79.2 Å². The summed E-state index contributed by atoms with van der Waals surface area (Å²) < 4.78 is 11.9. The molecule has 5 heteroatoms. The van der Waals surface area contributed by atoms with Crippen molar-refractivity contribution >= 4 is 0 Å². The molecule has 0 unspecified atom stereocenters. The second-order valence-electron chi connectivity index (χ2n) is 8.09. The van der Waals surface area contributed by atoms with Gasteiger partial charge in [-0.1, -0.05) is 91.0 Å². The van der Waals surface area contributed by atoms with Gasteiger partial charge in [0, 0.05) is 24.1 Å². The van der Waals surface area contributed by atoms with Crippen molar-refractivity contribution in [3.8, 4) is 17.2 Å². The van der Waals surface area contributed by atoms with Gasteiger partial charge in [-0.25, -0.2) is 0 Å². The smallest absolute Gasteiger partial charge is 0.130 e. The Labute approximate surface area is 199 Å². The van der Waals surface area contributed by atoms with Gasteiger partial charge in [-0.3, -0.25) is 0 Å². The first-order chi connectivity index (χ1) is 16.6. The maximum absolute atomic E-state index is 10.8. The fraction of sp³-hybridized carbons (Fsp3) is 0.172. The van der Waals surface area contributed by atoms with Crippen molar-refractivity contribution in [2.24, 2.45) is 0 Å². The molecule has 5 nitrogen and oxygen atoms in total. The molecule has 4 rings (SSSR count). The first-order valence-corrected chi connectivity index (χ1v) is 11.2. The van der Waals surface area contributed by atoms with E-state index >= 15 is 0 Å². The van der Waals surface area contributed by atoms with Gasteiger partial charge in [0.05, 0.1) is 6.10 Å². The van der Waals surface area contributed by atoms with Crippen LogP contribution in [0.25, 0.3) is 0 Å². The van der Waals surface area contributed by atoms with Crippen LogP contribution in [0.3, 0.4) is 0 Å². The fourth-order valence-corrected chi connectivity index (χ4v) is 3.69. The summed E-state index contributed by atoms with van der Waals surface area (Å²) in [5.74, 6) is 0.783. The Kier molecular flexibility index (Phi) is 7.81. The highest BCUT2D eigenvalue weighted by atomic mass is 16.5. The van der Waals surface area contributed by atoms with Crippen molar-refractivity contribution in [2.45, 2.75) is 31.8 Å². The summed E-state index contributed by atoms with van der Waals surface area (Å²) >= 11 is 0. The quantitative estimate of drug-likeness (QED) is 0.306. The third-order valence-electron chi connectivity index (χ3n) is 5.56. The lowest BCUT2D eigenvalue weighted by atomic mass is 9.97. The number of hydrogen-bond acceptors (Lipinski definition) is 5. The van der Waals surface area contributed by atoms with E-state index in [0.717, 1.165) is 11.1 Å². The monoisotopic (exact) mass is 456 g/mol. The van der Waals surface area contributed by atoms with E-state index in [4.69, 9.17) is 9.47 Å². The molecule has 0 bridgehead atoms. The number of ether oxygens (including phenoxy) is 2. The minimum absolute atomic E-state index is 0.00494. The number of phenolic OH excluding ortho intramolecular Hbond substituents is 1. The Morgan fingerprint density at radius 1 is 0.647 bits per heavy atom. The molecule has 34 heavy (non-hydrogen) atoms. The van der Waals surface area contributed by atoms with Crippen LogP contribution in [0.15, 0.2) is 103 Å². The molecular weight excluding hydrogens is 428 g/mol. The maximum Gasteiger partial charge on any atom is 0.130 e. The Morgan fingerprint density at radius 3 is 1.76 bits per heavy atom. The molecule has 3 N–H and O–H groups in total. The van der Waals surface area contributed by atoms with Gasteiger partial charge in [-0.15, -0.1) is 0 Å². The Hall–Kier alpha value is -3.80. The van der Waals surface area contributed by atoms with E-state index in [1.54, 1.807) is 30.3 Å². The fourth-order valence-electron chi connectivity index (χ4n) is 3.69. The summed E-state index contributed by atoms with van der Waals surface area (Å²) in [7, 11) is 0. The first-order valence-electron chi connectivity index (χ1n) is 11.2. The van der Waals surface area contributed by atoms with E-state index in [1.165, 1.54) is 6.07 Å². The van der Waals surface area contributed by atoms with Gasteiger partial charge >= 0.3 is 0 Å². The third-order valence-corrected chi connectivity index (χ3v) is 5.56. The average molecular weight is 457 g/mol. The van der Waals surface area contributed by atoms with Crippen molar-refractivity contribution in [3.05, 3.63) is 125 Å². The SMILES string of the molecule is Oc1cc(OCc2ccccc2)cc(OCc2ccccc2)c1C[C@H](O)[C@@H](O)c1ccccc1. The molecule has 0 fully saturated rings. The zero-order valence-electron chi connectivity index (χ0n) is 18.7. The predicted molar refractivity (Wildman–Crippen MR) is 131 cm³/mol. The number of aliphatic hydroxyl groups excluding tert-OH is 2. The van der Waals surface area contributed by atoms with Crippen LogP contribution in [-0.4, -0.2) is 21.4 Å². The Bertz CT molecular complexity index is 1160. The van der Waals surface area contributed by atoms with Crippen LogP contribution in [-0.2, 0) is 19.6 Å². The lowest BCUT2D eigenvalue weighted by molar-refractivity contribution is 0.0182. The minimum atomic E-state index is -1.14. The molecule has 0 aromatic heterocycles. The van der Waals surface area contributed by atoms with E-state index in [1.807, 2.05) is 66.7 Å². The van der Waals surface area contributed by atoms with E-state index in [9.17, 15) is 15.3 Å². The predicted octanol–water partition coefficient (Wildman–Crippen LogP) is 5.19. The second-order valence-corrected chi connectivity index (χ2v) is 8.09. The lowest BCUT2D eigenvalue weighted by Crippen LogP contribution is -2.21. The average Bonchev–Trinajstić information content (AvgIpc) is 2.89. The molecule has 174 valence electrons. The highest BCUT2D eigenvalue weighted by Crippen LogP contribution is 2.36. The molecule has 0 radical (unpaired) electrons. The van der Waals surface area contributed by atoms with E-state index in [2.05, 4.69) is 0 Å². The molecule has 0 heterocycles. The third kappa shape index (κ3) is 6.16.